The Balaban J connectivity index is 2.65. The summed E-state index contributed by atoms with van der Waals surface area (Å²) in [5.41, 5.74) is 0.146. The number of sulfone groups is 1. The second kappa shape index (κ2) is 8.78. The molecule has 0 aliphatic rings. The van der Waals surface area contributed by atoms with E-state index in [1.54, 1.807) is 6.92 Å². The average molecular weight is 327 g/mol. The van der Waals surface area contributed by atoms with Gasteiger partial charge in [0.1, 0.15) is 5.75 Å². The molecule has 2 N–H and O–H groups in total. The zero-order valence-corrected chi connectivity index (χ0v) is 14.1. The SMILES string of the molecule is CCCCCCCC(=O)Nc1cc(S(=O)(=O)CC)ccc1O. The van der Waals surface area contributed by atoms with Crippen LogP contribution < -0.4 is 5.32 Å². The van der Waals surface area contributed by atoms with E-state index in [0.717, 1.165) is 25.7 Å². The van der Waals surface area contributed by atoms with E-state index in [1.807, 2.05) is 0 Å². The summed E-state index contributed by atoms with van der Waals surface area (Å²) >= 11 is 0. The highest BCUT2D eigenvalue weighted by atomic mass is 32.2. The van der Waals surface area contributed by atoms with E-state index >= 15 is 0 Å². The van der Waals surface area contributed by atoms with Gasteiger partial charge in [0.2, 0.25) is 5.91 Å². The average Bonchev–Trinajstić information content (AvgIpc) is 2.49. The Bertz CT molecular complexity index is 596. The first kappa shape index (κ1) is 18.5. The molecule has 0 unspecified atom stereocenters. The number of aromatic hydroxyl groups is 1. The highest BCUT2D eigenvalue weighted by Crippen LogP contribution is 2.27. The molecule has 1 amide bonds. The summed E-state index contributed by atoms with van der Waals surface area (Å²) in [7, 11) is -3.36. The summed E-state index contributed by atoms with van der Waals surface area (Å²) in [6.07, 6.45) is 5.59. The molecule has 1 aromatic rings. The lowest BCUT2D eigenvalue weighted by Crippen LogP contribution is -2.12. The molecule has 0 radical (unpaired) electrons. The van der Waals surface area contributed by atoms with Crippen LogP contribution in [0.5, 0.6) is 5.75 Å². The van der Waals surface area contributed by atoms with Crippen molar-refractivity contribution in [3.05, 3.63) is 18.2 Å². The van der Waals surface area contributed by atoms with Gasteiger partial charge in [-0.05, 0) is 24.6 Å². The summed E-state index contributed by atoms with van der Waals surface area (Å²) in [5, 5.41) is 12.3. The summed E-state index contributed by atoms with van der Waals surface area (Å²) in [6, 6.07) is 3.94. The lowest BCUT2D eigenvalue weighted by atomic mass is 10.1. The molecule has 0 aromatic heterocycles. The molecular weight excluding hydrogens is 302 g/mol. The predicted octanol–water partition coefficient (Wildman–Crippen LogP) is 3.48. The van der Waals surface area contributed by atoms with Crippen LogP contribution in [0.15, 0.2) is 23.1 Å². The van der Waals surface area contributed by atoms with Gasteiger partial charge in [0.05, 0.1) is 16.3 Å². The molecule has 0 fully saturated rings. The molecule has 0 aliphatic heterocycles. The van der Waals surface area contributed by atoms with Crippen LogP contribution in [-0.2, 0) is 14.6 Å². The second-order valence-electron chi connectivity index (χ2n) is 5.29. The van der Waals surface area contributed by atoms with Gasteiger partial charge in [-0.25, -0.2) is 8.42 Å². The lowest BCUT2D eigenvalue weighted by molar-refractivity contribution is -0.116. The lowest BCUT2D eigenvalue weighted by Gasteiger charge is -2.09. The first-order valence-electron chi connectivity index (χ1n) is 7.76. The van der Waals surface area contributed by atoms with Gasteiger partial charge in [-0.1, -0.05) is 39.5 Å². The smallest absolute Gasteiger partial charge is 0.224 e. The Morgan fingerprint density at radius 3 is 2.45 bits per heavy atom. The van der Waals surface area contributed by atoms with Crippen molar-refractivity contribution in [2.24, 2.45) is 0 Å². The molecular formula is C16H25NO4S. The highest BCUT2D eigenvalue weighted by molar-refractivity contribution is 7.91. The third-order valence-electron chi connectivity index (χ3n) is 3.49. The van der Waals surface area contributed by atoms with Crippen LogP contribution in [0.4, 0.5) is 5.69 Å². The number of unbranched alkanes of at least 4 members (excludes halogenated alkanes) is 4. The van der Waals surface area contributed by atoms with Crippen molar-refractivity contribution in [3.63, 3.8) is 0 Å². The molecule has 22 heavy (non-hydrogen) atoms. The van der Waals surface area contributed by atoms with Crippen LogP contribution in [0.1, 0.15) is 52.4 Å². The maximum Gasteiger partial charge on any atom is 0.224 e. The second-order valence-corrected chi connectivity index (χ2v) is 7.57. The standard InChI is InChI=1S/C16H25NO4S/c1-3-5-6-7-8-9-16(19)17-14-12-13(10-11-15(14)18)22(20,21)4-2/h10-12,18H,3-9H2,1-2H3,(H,17,19). The topological polar surface area (TPSA) is 83.5 Å². The molecule has 1 rings (SSSR count). The third kappa shape index (κ3) is 5.67. The quantitative estimate of drug-likeness (QED) is 0.537. The molecule has 124 valence electrons. The fourth-order valence-corrected chi connectivity index (χ4v) is 2.98. The van der Waals surface area contributed by atoms with Crippen LogP contribution in [0, 0.1) is 0 Å². The molecule has 0 saturated carbocycles. The van der Waals surface area contributed by atoms with Crippen LogP contribution in [-0.4, -0.2) is 25.2 Å². The minimum Gasteiger partial charge on any atom is -0.506 e. The van der Waals surface area contributed by atoms with Crippen molar-refractivity contribution in [3.8, 4) is 5.75 Å². The molecule has 0 spiro atoms. The van der Waals surface area contributed by atoms with Crippen molar-refractivity contribution >= 4 is 21.4 Å². The minimum absolute atomic E-state index is 0.0252. The van der Waals surface area contributed by atoms with Crippen molar-refractivity contribution < 1.29 is 18.3 Å². The summed E-state index contributed by atoms with van der Waals surface area (Å²) in [5.74, 6) is -0.366. The Hall–Kier alpha value is -1.56. The van der Waals surface area contributed by atoms with Crippen molar-refractivity contribution in [1.82, 2.24) is 0 Å². The fourth-order valence-electron chi connectivity index (χ4n) is 2.08. The number of carbonyl (C=O) groups is 1. The Kier molecular flexibility index (Phi) is 7.38. The number of anilines is 1. The monoisotopic (exact) mass is 327 g/mol. The van der Waals surface area contributed by atoms with E-state index < -0.39 is 9.84 Å². The fraction of sp³-hybridized carbons (Fsp3) is 0.562. The molecule has 6 heteroatoms. The molecule has 0 aliphatic carbocycles. The maximum atomic E-state index is 11.9. The van der Waals surface area contributed by atoms with E-state index in [-0.39, 0.29) is 28.0 Å². The molecule has 0 heterocycles. The highest BCUT2D eigenvalue weighted by Gasteiger charge is 2.15. The number of phenols is 1. The molecule has 5 nitrogen and oxygen atoms in total. The number of hydrogen-bond acceptors (Lipinski definition) is 4. The molecule has 1 aromatic carbocycles. The summed E-state index contributed by atoms with van der Waals surface area (Å²) in [6.45, 7) is 3.68. The van der Waals surface area contributed by atoms with Crippen LogP contribution in [0.3, 0.4) is 0 Å². The zero-order valence-electron chi connectivity index (χ0n) is 13.3. The van der Waals surface area contributed by atoms with Crippen LogP contribution in [0.2, 0.25) is 0 Å². The normalized spacial score (nSPS) is 11.4. The van der Waals surface area contributed by atoms with Gasteiger partial charge in [0.25, 0.3) is 0 Å². The number of carbonyl (C=O) groups excluding carboxylic acids is 1. The first-order valence-corrected chi connectivity index (χ1v) is 9.41. The van der Waals surface area contributed by atoms with Crippen molar-refractivity contribution in [2.75, 3.05) is 11.1 Å². The first-order chi connectivity index (χ1) is 10.4. The Labute approximate surface area is 132 Å². The number of benzene rings is 1. The predicted molar refractivity (Wildman–Crippen MR) is 87.8 cm³/mol. The van der Waals surface area contributed by atoms with Crippen molar-refractivity contribution in [1.29, 1.82) is 0 Å². The number of hydrogen-bond donors (Lipinski definition) is 2. The van der Waals surface area contributed by atoms with Gasteiger partial charge in [-0.3, -0.25) is 4.79 Å². The number of phenolic OH excluding ortho intramolecular Hbond substituents is 1. The molecule has 0 atom stereocenters. The zero-order chi connectivity index (χ0) is 16.6. The van der Waals surface area contributed by atoms with E-state index in [9.17, 15) is 18.3 Å². The van der Waals surface area contributed by atoms with E-state index in [4.69, 9.17) is 0 Å². The van der Waals surface area contributed by atoms with E-state index in [1.165, 1.54) is 24.6 Å². The number of amides is 1. The van der Waals surface area contributed by atoms with Gasteiger partial charge in [-0.15, -0.1) is 0 Å². The third-order valence-corrected chi connectivity index (χ3v) is 5.22. The van der Waals surface area contributed by atoms with E-state index in [0.29, 0.717) is 6.42 Å². The summed E-state index contributed by atoms with van der Waals surface area (Å²) < 4.78 is 23.7. The molecule has 0 saturated heterocycles. The van der Waals surface area contributed by atoms with E-state index in [2.05, 4.69) is 12.2 Å². The largest absolute Gasteiger partial charge is 0.506 e. The van der Waals surface area contributed by atoms with Gasteiger partial charge >= 0.3 is 0 Å². The van der Waals surface area contributed by atoms with Crippen LogP contribution >= 0.6 is 0 Å². The minimum atomic E-state index is -3.36. The summed E-state index contributed by atoms with van der Waals surface area (Å²) in [4.78, 5) is 12.0. The van der Waals surface area contributed by atoms with Crippen LogP contribution in [0.25, 0.3) is 0 Å². The van der Waals surface area contributed by atoms with Gasteiger partial charge in [0, 0.05) is 6.42 Å². The molecule has 0 bridgehead atoms. The Morgan fingerprint density at radius 2 is 1.82 bits per heavy atom. The number of nitrogens with one attached hydrogen (secondary N) is 1. The number of rotatable bonds is 9. The van der Waals surface area contributed by atoms with Gasteiger partial charge < -0.3 is 10.4 Å². The maximum absolute atomic E-state index is 11.9. The Morgan fingerprint density at radius 1 is 1.14 bits per heavy atom. The van der Waals surface area contributed by atoms with Gasteiger partial charge in [-0.2, -0.15) is 0 Å². The van der Waals surface area contributed by atoms with Crippen molar-refractivity contribution in [2.45, 2.75) is 57.3 Å². The van der Waals surface area contributed by atoms with Gasteiger partial charge in [0.15, 0.2) is 9.84 Å².